The van der Waals surface area contributed by atoms with Crippen LogP contribution in [-0.4, -0.2) is 27.0 Å². The third kappa shape index (κ3) is 3.02. The number of halogens is 1. The molecule has 2 heterocycles. The molecule has 2 aromatic rings. The van der Waals surface area contributed by atoms with Crippen molar-refractivity contribution in [2.45, 2.75) is 38.8 Å². The summed E-state index contributed by atoms with van der Waals surface area (Å²) in [5.74, 6) is -0.0125. The molecule has 0 fully saturated rings. The van der Waals surface area contributed by atoms with Crippen LogP contribution in [0.4, 0.5) is 10.2 Å². The van der Waals surface area contributed by atoms with Crippen molar-refractivity contribution >= 4 is 17.4 Å². The number of amides is 1. The van der Waals surface area contributed by atoms with Crippen LogP contribution in [0, 0.1) is 5.82 Å². The molecular formula is C17H19FN4O2. The SMILES string of the molecule is CC(C)n1nccc1NC(=O)[C@]1(C)CC(c2ccc(F)cc2)=NO1. The topological polar surface area (TPSA) is 68.5 Å². The second-order valence-corrected chi connectivity index (χ2v) is 6.25. The Morgan fingerprint density at radius 3 is 2.71 bits per heavy atom. The molecule has 0 spiro atoms. The number of carbonyl (C=O) groups is 1. The van der Waals surface area contributed by atoms with Crippen LogP contribution in [0.5, 0.6) is 0 Å². The first-order valence-corrected chi connectivity index (χ1v) is 7.75. The number of nitrogens with zero attached hydrogens (tertiary/aromatic N) is 3. The summed E-state index contributed by atoms with van der Waals surface area (Å²) in [6.45, 7) is 5.64. The molecule has 3 rings (SSSR count). The van der Waals surface area contributed by atoms with Crippen molar-refractivity contribution in [1.29, 1.82) is 0 Å². The van der Waals surface area contributed by atoms with Crippen molar-refractivity contribution in [1.82, 2.24) is 9.78 Å². The Morgan fingerprint density at radius 2 is 2.04 bits per heavy atom. The first kappa shape index (κ1) is 16.2. The smallest absolute Gasteiger partial charge is 0.272 e. The van der Waals surface area contributed by atoms with Gasteiger partial charge in [0.2, 0.25) is 5.60 Å². The van der Waals surface area contributed by atoms with Gasteiger partial charge in [-0.3, -0.25) is 4.79 Å². The lowest BCUT2D eigenvalue weighted by Gasteiger charge is -2.21. The van der Waals surface area contributed by atoms with Gasteiger partial charge in [-0.2, -0.15) is 5.10 Å². The number of nitrogens with one attached hydrogen (secondary N) is 1. The number of hydrogen-bond acceptors (Lipinski definition) is 4. The lowest BCUT2D eigenvalue weighted by Crippen LogP contribution is -2.40. The summed E-state index contributed by atoms with van der Waals surface area (Å²) < 4.78 is 14.7. The number of benzene rings is 1. The summed E-state index contributed by atoms with van der Waals surface area (Å²) in [6.07, 6.45) is 1.94. The van der Waals surface area contributed by atoms with Crippen molar-refractivity contribution in [3.63, 3.8) is 0 Å². The van der Waals surface area contributed by atoms with E-state index in [1.165, 1.54) is 12.1 Å². The Morgan fingerprint density at radius 1 is 1.33 bits per heavy atom. The molecule has 1 N–H and O–H groups in total. The summed E-state index contributed by atoms with van der Waals surface area (Å²) >= 11 is 0. The fraction of sp³-hybridized carbons (Fsp3) is 0.353. The highest BCUT2D eigenvalue weighted by Gasteiger charge is 2.42. The minimum atomic E-state index is -1.12. The highest BCUT2D eigenvalue weighted by molar-refractivity contribution is 6.07. The van der Waals surface area contributed by atoms with Gasteiger partial charge in [-0.15, -0.1) is 0 Å². The molecule has 0 unspecified atom stereocenters. The third-order valence-corrected chi connectivity index (χ3v) is 3.92. The fourth-order valence-corrected chi connectivity index (χ4v) is 2.53. The van der Waals surface area contributed by atoms with Gasteiger partial charge in [-0.25, -0.2) is 9.07 Å². The Hall–Kier alpha value is -2.70. The van der Waals surface area contributed by atoms with E-state index in [0.717, 1.165) is 5.56 Å². The van der Waals surface area contributed by atoms with Gasteiger partial charge < -0.3 is 10.2 Å². The van der Waals surface area contributed by atoms with Crippen LogP contribution in [0.15, 0.2) is 41.7 Å². The van der Waals surface area contributed by atoms with E-state index in [-0.39, 0.29) is 17.8 Å². The minimum absolute atomic E-state index is 0.124. The minimum Gasteiger partial charge on any atom is -0.379 e. The van der Waals surface area contributed by atoms with E-state index in [4.69, 9.17) is 4.84 Å². The van der Waals surface area contributed by atoms with Gasteiger partial charge in [0.25, 0.3) is 5.91 Å². The number of hydrogen-bond donors (Lipinski definition) is 1. The van der Waals surface area contributed by atoms with Crippen LogP contribution < -0.4 is 5.32 Å². The molecule has 126 valence electrons. The van der Waals surface area contributed by atoms with Crippen LogP contribution in [0.1, 0.15) is 38.8 Å². The molecule has 0 saturated heterocycles. The first-order valence-electron chi connectivity index (χ1n) is 7.75. The molecule has 0 aliphatic carbocycles. The molecule has 24 heavy (non-hydrogen) atoms. The normalized spacial score (nSPS) is 20.0. The molecule has 1 amide bonds. The van der Waals surface area contributed by atoms with E-state index in [2.05, 4.69) is 15.6 Å². The maximum atomic E-state index is 13.0. The van der Waals surface area contributed by atoms with Gasteiger partial charge in [-0.1, -0.05) is 17.3 Å². The van der Waals surface area contributed by atoms with E-state index in [0.29, 0.717) is 18.0 Å². The molecular weight excluding hydrogens is 311 g/mol. The van der Waals surface area contributed by atoms with Gasteiger partial charge in [0.1, 0.15) is 11.6 Å². The van der Waals surface area contributed by atoms with Crippen molar-refractivity contribution in [2.75, 3.05) is 5.32 Å². The maximum Gasteiger partial charge on any atom is 0.272 e. The molecule has 1 aliphatic rings. The van der Waals surface area contributed by atoms with E-state index in [1.807, 2.05) is 13.8 Å². The van der Waals surface area contributed by atoms with Crippen LogP contribution in [-0.2, 0) is 9.63 Å². The maximum absolute atomic E-state index is 13.0. The second-order valence-electron chi connectivity index (χ2n) is 6.25. The molecule has 0 bridgehead atoms. The van der Waals surface area contributed by atoms with Crippen molar-refractivity contribution in [3.05, 3.63) is 47.9 Å². The molecule has 1 aromatic carbocycles. The van der Waals surface area contributed by atoms with Crippen LogP contribution in [0.2, 0.25) is 0 Å². The Labute approximate surface area is 139 Å². The predicted octanol–water partition coefficient (Wildman–Crippen LogP) is 3.12. The van der Waals surface area contributed by atoms with Crippen LogP contribution in [0.25, 0.3) is 0 Å². The first-order chi connectivity index (χ1) is 11.4. The molecule has 1 atom stereocenters. The van der Waals surface area contributed by atoms with Gasteiger partial charge >= 0.3 is 0 Å². The van der Waals surface area contributed by atoms with Crippen LogP contribution >= 0.6 is 0 Å². The average Bonchev–Trinajstić information content (AvgIpc) is 3.16. The standard InChI is InChI=1S/C17H19FN4O2/c1-11(2)22-15(8-9-19-22)20-16(23)17(3)10-14(21-24-17)12-4-6-13(18)7-5-12/h4-9,11H,10H2,1-3H3,(H,20,23)/t17-/m0/s1. The molecule has 7 heteroatoms. The predicted molar refractivity (Wildman–Crippen MR) is 88.3 cm³/mol. The summed E-state index contributed by atoms with van der Waals surface area (Å²) in [4.78, 5) is 18.0. The zero-order valence-corrected chi connectivity index (χ0v) is 13.8. The molecule has 1 aromatic heterocycles. The lowest BCUT2D eigenvalue weighted by molar-refractivity contribution is -0.136. The monoisotopic (exact) mass is 330 g/mol. The van der Waals surface area contributed by atoms with Gasteiger partial charge in [0.05, 0.1) is 11.9 Å². The summed E-state index contributed by atoms with van der Waals surface area (Å²) in [6, 6.07) is 7.81. The Kier molecular flexibility index (Phi) is 4.09. The Bertz CT molecular complexity index is 782. The van der Waals surface area contributed by atoms with Gasteiger partial charge in [0.15, 0.2) is 0 Å². The molecule has 0 radical (unpaired) electrons. The molecule has 0 saturated carbocycles. The van der Waals surface area contributed by atoms with Gasteiger partial charge in [0, 0.05) is 18.5 Å². The van der Waals surface area contributed by atoms with Crippen molar-refractivity contribution < 1.29 is 14.0 Å². The fourth-order valence-electron chi connectivity index (χ4n) is 2.53. The molecule has 6 nitrogen and oxygen atoms in total. The van der Waals surface area contributed by atoms with Crippen molar-refractivity contribution in [3.8, 4) is 0 Å². The number of aromatic nitrogens is 2. The summed E-state index contributed by atoms with van der Waals surface area (Å²) in [5, 5.41) is 11.0. The average molecular weight is 330 g/mol. The van der Waals surface area contributed by atoms with Gasteiger partial charge in [-0.05, 0) is 38.5 Å². The highest BCUT2D eigenvalue weighted by Crippen LogP contribution is 2.28. The summed E-state index contributed by atoms with van der Waals surface area (Å²) in [7, 11) is 0. The van der Waals surface area contributed by atoms with E-state index in [9.17, 15) is 9.18 Å². The van der Waals surface area contributed by atoms with Crippen LogP contribution in [0.3, 0.4) is 0 Å². The van der Waals surface area contributed by atoms with Crippen molar-refractivity contribution in [2.24, 2.45) is 5.16 Å². The summed E-state index contributed by atoms with van der Waals surface area (Å²) in [5.41, 5.74) is 0.237. The number of rotatable bonds is 4. The second kappa shape index (κ2) is 6.07. The highest BCUT2D eigenvalue weighted by atomic mass is 19.1. The number of anilines is 1. The zero-order valence-electron chi connectivity index (χ0n) is 13.8. The van der Waals surface area contributed by atoms with E-state index in [1.54, 1.807) is 36.0 Å². The third-order valence-electron chi connectivity index (χ3n) is 3.92. The Balaban J connectivity index is 1.72. The van der Waals surface area contributed by atoms with E-state index < -0.39 is 5.60 Å². The zero-order chi connectivity index (χ0) is 17.3. The number of carbonyl (C=O) groups excluding carboxylic acids is 1. The quantitative estimate of drug-likeness (QED) is 0.936. The lowest BCUT2D eigenvalue weighted by atomic mass is 9.95. The number of oxime groups is 1. The molecule has 1 aliphatic heterocycles. The van der Waals surface area contributed by atoms with E-state index >= 15 is 0 Å². The largest absolute Gasteiger partial charge is 0.379 e.